The van der Waals surface area contributed by atoms with E-state index in [1.54, 1.807) is 0 Å². The topological polar surface area (TPSA) is 0 Å². The van der Waals surface area contributed by atoms with Gasteiger partial charge in [-0.15, -0.1) is 0 Å². The number of benzene rings is 3. The fourth-order valence-electron chi connectivity index (χ4n) is 3.66. The summed E-state index contributed by atoms with van der Waals surface area (Å²) in [4.78, 5) is 0. The van der Waals surface area contributed by atoms with E-state index in [0.717, 1.165) is 0 Å². The summed E-state index contributed by atoms with van der Waals surface area (Å²) >= 11 is -3.14. The molecule has 0 aromatic heterocycles. The summed E-state index contributed by atoms with van der Waals surface area (Å²) in [6.45, 7) is 2.27. The first-order valence-electron chi connectivity index (χ1n) is 9.72. The molecule has 132 valence electrons. The van der Waals surface area contributed by atoms with Crippen LogP contribution in [0.5, 0.6) is 0 Å². The summed E-state index contributed by atoms with van der Waals surface area (Å²) < 4.78 is 7.19. The van der Waals surface area contributed by atoms with Crippen LogP contribution in [0.3, 0.4) is 0 Å². The number of allylic oxidation sites excluding steroid dienone is 1. The van der Waals surface area contributed by atoms with E-state index in [1.165, 1.54) is 36.4 Å². The first-order chi connectivity index (χ1) is 12.9. The minimum absolute atomic E-state index is 1.18. The Labute approximate surface area is 162 Å². The van der Waals surface area contributed by atoms with Gasteiger partial charge in [-0.05, 0) is 0 Å². The second kappa shape index (κ2) is 9.77. The van der Waals surface area contributed by atoms with Crippen LogP contribution in [0.15, 0.2) is 101 Å². The SMILES string of the molecule is CCCCC/C=[CH]\[Sn]([c]1ccccc1)([c]1ccccc1)[c]1ccccc1. The van der Waals surface area contributed by atoms with Crippen molar-refractivity contribution in [1.29, 1.82) is 0 Å². The molecule has 0 aliphatic rings. The van der Waals surface area contributed by atoms with Gasteiger partial charge in [-0.25, -0.2) is 0 Å². The van der Waals surface area contributed by atoms with Gasteiger partial charge in [0.15, 0.2) is 0 Å². The molecular formula is C25H28Sn. The van der Waals surface area contributed by atoms with Crippen LogP contribution < -0.4 is 10.7 Å². The van der Waals surface area contributed by atoms with E-state index in [9.17, 15) is 0 Å². The van der Waals surface area contributed by atoms with Crippen molar-refractivity contribution in [2.75, 3.05) is 0 Å². The zero-order valence-corrected chi connectivity index (χ0v) is 18.5. The van der Waals surface area contributed by atoms with E-state index in [0.29, 0.717) is 0 Å². The third kappa shape index (κ3) is 4.29. The van der Waals surface area contributed by atoms with Gasteiger partial charge in [0.2, 0.25) is 0 Å². The molecule has 0 aliphatic carbocycles. The summed E-state index contributed by atoms with van der Waals surface area (Å²) in [5, 5.41) is 0. The third-order valence-corrected chi connectivity index (χ3v) is 17.8. The molecule has 0 N–H and O–H groups in total. The predicted octanol–water partition coefficient (Wildman–Crippen LogP) is 4.83. The van der Waals surface area contributed by atoms with Crippen LogP contribution in [0.4, 0.5) is 0 Å². The Morgan fingerprint density at radius 1 is 0.615 bits per heavy atom. The van der Waals surface area contributed by atoms with E-state index in [-0.39, 0.29) is 0 Å². The normalized spacial score (nSPS) is 11.7. The number of hydrogen-bond donors (Lipinski definition) is 0. The molecule has 0 saturated carbocycles. The first kappa shape index (κ1) is 19.0. The Kier molecular flexibility index (Phi) is 7.13. The van der Waals surface area contributed by atoms with Crippen LogP contribution in [0.2, 0.25) is 0 Å². The maximum atomic E-state index is 2.63. The number of hydrogen-bond acceptors (Lipinski definition) is 0. The second-order valence-corrected chi connectivity index (χ2v) is 17.3. The fourth-order valence-corrected chi connectivity index (χ4v) is 15.8. The quantitative estimate of drug-likeness (QED) is 0.343. The van der Waals surface area contributed by atoms with Gasteiger partial charge in [-0.2, -0.15) is 0 Å². The maximum absolute atomic E-state index is 3.14. The standard InChI is InChI=1S/C7H13.3C6H5.Sn/c1-3-5-7-6-4-2;3*1-2-4-6-5-3-1;/h1,3H,4-7H2,2H3;3*1-5H;. The van der Waals surface area contributed by atoms with Crippen molar-refractivity contribution in [3.63, 3.8) is 0 Å². The Morgan fingerprint density at radius 3 is 1.42 bits per heavy atom. The molecule has 3 rings (SSSR count). The van der Waals surface area contributed by atoms with Crippen LogP contribution in [-0.2, 0) is 0 Å². The molecule has 0 aliphatic heterocycles. The summed E-state index contributed by atoms with van der Waals surface area (Å²) in [5.41, 5.74) is 0. The molecule has 0 radical (unpaired) electrons. The zero-order valence-electron chi connectivity index (χ0n) is 15.6. The van der Waals surface area contributed by atoms with Crippen molar-refractivity contribution in [1.82, 2.24) is 0 Å². The number of rotatable bonds is 8. The van der Waals surface area contributed by atoms with Crippen molar-refractivity contribution >= 4 is 29.1 Å². The van der Waals surface area contributed by atoms with E-state index >= 15 is 0 Å². The van der Waals surface area contributed by atoms with Crippen molar-refractivity contribution in [2.24, 2.45) is 0 Å². The molecule has 1 heteroatoms. The summed E-state index contributed by atoms with van der Waals surface area (Å²) in [6, 6.07) is 33.6. The Balaban J connectivity index is 2.15. The van der Waals surface area contributed by atoms with E-state index in [4.69, 9.17) is 0 Å². The van der Waals surface area contributed by atoms with Gasteiger partial charge in [0.1, 0.15) is 0 Å². The van der Waals surface area contributed by atoms with Gasteiger partial charge in [0, 0.05) is 0 Å². The monoisotopic (exact) mass is 448 g/mol. The molecule has 0 nitrogen and oxygen atoms in total. The predicted molar refractivity (Wildman–Crippen MR) is 117 cm³/mol. The van der Waals surface area contributed by atoms with Crippen LogP contribution in [-0.4, -0.2) is 18.4 Å². The van der Waals surface area contributed by atoms with Gasteiger partial charge < -0.3 is 0 Å². The summed E-state index contributed by atoms with van der Waals surface area (Å²) in [6.07, 6.45) is 7.53. The van der Waals surface area contributed by atoms with Gasteiger partial charge >= 0.3 is 163 Å². The van der Waals surface area contributed by atoms with E-state index in [1.807, 2.05) is 0 Å². The first-order valence-corrected chi connectivity index (χ1v) is 15.6. The van der Waals surface area contributed by atoms with Gasteiger partial charge in [-0.3, -0.25) is 0 Å². The van der Waals surface area contributed by atoms with Crippen molar-refractivity contribution in [2.45, 2.75) is 32.6 Å². The van der Waals surface area contributed by atoms with Crippen LogP contribution >= 0.6 is 0 Å². The number of unbranched alkanes of at least 4 members (excludes halogenated alkanes) is 3. The average Bonchev–Trinajstić information content (AvgIpc) is 2.73. The van der Waals surface area contributed by atoms with Crippen LogP contribution in [0, 0.1) is 0 Å². The molecule has 0 saturated heterocycles. The summed E-state index contributed by atoms with van der Waals surface area (Å²) in [7, 11) is 0. The van der Waals surface area contributed by atoms with Crippen LogP contribution in [0.25, 0.3) is 0 Å². The molecule has 0 bridgehead atoms. The van der Waals surface area contributed by atoms with Gasteiger partial charge in [-0.1, -0.05) is 0 Å². The van der Waals surface area contributed by atoms with Crippen molar-refractivity contribution in [3.05, 3.63) is 101 Å². The van der Waals surface area contributed by atoms with E-state index < -0.39 is 18.4 Å². The second-order valence-electron chi connectivity index (χ2n) is 6.80. The Hall–Kier alpha value is -1.80. The van der Waals surface area contributed by atoms with E-state index in [2.05, 4.69) is 108 Å². The minimum atomic E-state index is -3.14. The molecule has 0 unspecified atom stereocenters. The molecule has 0 heterocycles. The molecule has 0 atom stereocenters. The molecule has 3 aromatic rings. The van der Waals surface area contributed by atoms with Crippen molar-refractivity contribution in [3.8, 4) is 0 Å². The molecule has 0 amide bonds. The Bertz CT molecular complexity index is 695. The van der Waals surface area contributed by atoms with Crippen molar-refractivity contribution < 1.29 is 0 Å². The fraction of sp³-hybridized carbons (Fsp3) is 0.200. The molecule has 0 spiro atoms. The molecule has 26 heavy (non-hydrogen) atoms. The molecule has 3 aromatic carbocycles. The molecular weight excluding hydrogens is 419 g/mol. The zero-order chi connectivity index (χ0) is 18.1. The summed E-state index contributed by atoms with van der Waals surface area (Å²) in [5.74, 6) is 0. The van der Waals surface area contributed by atoms with Gasteiger partial charge in [0.05, 0.1) is 0 Å². The van der Waals surface area contributed by atoms with Gasteiger partial charge in [0.25, 0.3) is 0 Å². The average molecular weight is 447 g/mol. The third-order valence-electron chi connectivity index (χ3n) is 5.03. The Morgan fingerprint density at radius 2 is 1.04 bits per heavy atom. The van der Waals surface area contributed by atoms with Crippen LogP contribution in [0.1, 0.15) is 32.6 Å². The molecule has 0 fully saturated rings.